The van der Waals surface area contributed by atoms with Gasteiger partial charge in [-0.05, 0) is 78.1 Å². The van der Waals surface area contributed by atoms with Crippen molar-refractivity contribution in [3.63, 3.8) is 0 Å². The normalized spacial score (nSPS) is 17.2. The number of rotatable bonds is 4. The van der Waals surface area contributed by atoms with Gasteiger partial charge in [-0.25, -0.2) is 28.0 Å². The van der Waals surface area contributed by atoms with E-state index in [0.29, 0.717) is 27.9 Å². The summed E-state index contributed by atoms with van der Waals surface area (Å²) in [5.74, 6) is -2.16. The van der Waals surface area contributed by atoms with Gasteiger partial charge in [-0.2, -0.15) is 0 Å². The van der Waals surface area contributed by atoms with Crippen LogP contribution in [0, 0.1) is 17.5 Å². The Bertz CT molecular complexity index is 1410. The molecule has 0 aliphatic carbocycles. The second kappa shape index (κ2) is 8.25. The zero-order valence-electron chi connectivity index (χ0n) is 17.9. The van der Waals surface area contributed by atoms with Crippen molar-refractivity contribution in [1.82, 2.24) is 9.97 Å². The number of hydrogen-bond acceptors (Lipinski definition) is 3. The summed E-state index contributed by atoms with van der Waals surface area (Å²) in [5, 5.41) is 0.00505. The zero-order valence-corrected chi connectivity index (χ0v) is 18.7. The van der Waals surface area contributed by atoms with Gasteiger partial charge in [0.1, 0.15) is 17.5 Å². The number of amides is 1. The van der Waals surface area contributed by atoms with Crippen molar-refractivity contribution < 1.29 is 18.0 Å². The molecule has 0 N–H and O–H groups in total. The van der Waals surface area contributed by atoms with E-state index in [4.69, 9.17) is 11.6 Å². The van der Waals surface area contributed by atoms with Crippen molar-refractivity contribution in [3.8, 4) is 11.1 Å². The van der Waals surface area contributed by atoms with Crippen LogP contribution in [0.25, 0.3) is 11.1 Å². The SMILES string of the molecule is CC1(Cc2cc(F)cc(F)c2)C(=O)N(c2ncccn2)c2ccc(-c3ccc(Cl)c(F)c3)cc21. The highest BCUT2D eigenvalue weighted by Crippen LogP contribution is 2.47. The van der Waals surface area contributed by atoms with E-state index >= 15 is 0 Å². The van der Waals surface area contributed by atoms with Crippen molar-refractivity contribution in [3.05, 3.63) is 107 Å². The lowest BCUT2D eigenvalue weighted by Crippen LogP contribution is -2.38. The van der Waals surface area contributed by atoms with E-state index in [2.05, 4.69) is 9.97 Å². The predicted molar refractivity (Wildman–Crippen MR) is 123 cm³/mol. The van der Waals surface area contributed by atoms with Gasteiger partial charge in [0, 0.05) is 18.5 Å². The van der Waals surface area contributed by atoms with Gasteiger partial charge >= 0.3 is 0 Å². The van der Waals surface area contributed by atoms with E-state index < -0.39 is 22.9 Å². The summed E-state index contributed by atoms with van der Waals surface area (Å²) >= 11 is 5.83. The highest BCUT2D eigenvalue weighted by molar-refractivity contribution is 6.30. The van der Waals surface area contributed by atoms with Gasteiger partial charge in [0.25, 0.3) is 0 Å². The minimum Gasteiger partial charge on any atom is -0.273 e. The molecule has 1 atom stereocenters. The maximum Gasteiger partial charge on any atom is 0.244 e. The molecule has 34 heavy (non-hydrogen) atoms. The summed E-state index contributed by atoms with van der Waals surface area (Å²) in [6.07, 6.45) is 3.09. The first-order chi connectivity index (χ1) is 16.3. The van der Waals surface area contributed by atoms with Crippen molar-refractivity contribution in [2.45, 2.75) is 18.8 Å². The lowest BCUT2D eigenvalue weighted by molar-refractivity contribution is -0.122. The molecule has 4 nitrogen and oxygen atoms in total. The molecule has 3 aromatic carbocycles. The van der Waals surface area contributed by atoms with Crippen molar-refractivity contribution in [2.75, 3.05) is 4.90 Å². The largest absolute Gasteiger partial charge is 0.273 e. The molecule has 0 saturated heterocycles. The predicted octanol–water partition coefficient (Wildman–Crippen LogP) is 6.39. The van der Waals surface area contributed by atoms with Crippen molar-refractivity contribution in [2.24, 2.45) is 0 Å². The lowest BCUT2D eigenvalue weighted by atomic mass is 9.77. The minimum atomic E-state index is -1.18. The molecule has 5 rings (SSSR count). The number of nitrogens with zero attached hydrogens (tertiary/aromatic N) is 3. The highest BCUT2D eigenvalue weighted by atomic mass is 35.5. The van der Waals surface area contributed by atoms with Gasteiger partial charge in [-0.3, -0.25) is 4.79 Å². The molecule has 1 unspecified atom stereocenters. The van der Waals surface area contributed by atoms with Gasteiger partial charge in [-0.15, -0.1) is 0 Å². The summed E-state index contributed by atoms with van der Waals surface area (Å²) in [4.78, 5) is 23.6. The van der Waals surface area contributed by atoms with Crippen molar-refractivity contribution >= 4 is 29.1 Å². The molecule has 0 radical (unpaired) electrons. The Hall–Kier alpha value is -3.71. The highest BCUT2D eigenvalue weighted by Gasteiger charge is 2.49. The quantitative estimate of drug-likeness (QED) is 0.340. The maximum absolute atomic E-state index is 14.1. The first-order valence-corrected chi connectivity index (χ1v) is 10.8. The molecule has 1 amide bonds. The Morgan fingerprint density at radius 2 is 1.56 bits per heavy atom. The van der Waals surface area contributed by atoms with Crippen LogP contribution in [0.3, 0.4) is 0 Å². The maximum atomic E-state index is 14.1. The summed E-state index contributed by atoms with van der Waals surface area (Å²) in [6, 6.07) is 14.6. The number of benzene rings is 3. The fourth-order valence-electron chi connectivity index (χ4n) is 4.40. The van der Waals surface area contributed by atoms with Gasteiger partial charge in [0.15, 0.2) is 0 Å². The molecule has 1 aliphatic rings. The fraction of sp³-hybridized carbons (Fsp3) is 0.115. The van der Waals surface area contributed by atoms with Gasteiger partial charge in [0.05, 0.1) is 16.1 Å². The second-order valence-corrected chi connectivity index (χ2v) is 8.74. The average molecular weight is 480 g/mol. The van der Waals surface area contributed by atoms with Crippen LogP contribution in [-0.2, 0) is 16.6 Å². The first-order valence-electron chi connectivity index (χ1n) is 10.4. The molecule has 0 bridgehead atoms. The van der Waals surface area contributed by atoms with Crippen LogP contribution in [0.15, 0.2) is 73.1 Å². The van der Waals surface area contributed by atoms with Crippen molar-refractivity contribution in [1.29, 1.82) is 0 Å². The van der Waals surface area contributed by atoms with E-state index in [-0.39, 0.29) is 23.3 Å². The van der Waals surface area contributed by atoms with E-state index in [9.17, 15) is 18.0 Å². The van der Waals surface area contributed by atoms with Gasteiger partial charge in [0.2, 0.25) is 11.9 Å². The molecule has 170 valence electrons. The zero-order chi connectivity index (χ0) is 24.0. The molecular formula is C26H17ClF3N3O. The number of carbonyl (C=O) groups is 1. The molecule has 8 heteroatoms. The number of carbonyl (C=O) groups excluding carboxylic acids is 1. The Morgan fingerprint density at radius 1 is 0.912 bits per heavy atom. The Morgan fingerprint density at radius 3 is 2.24 bits per heavy atom. The third-order valence-electron chi connectivity index (χ3n) is 5.99. The van der Waals surface area contributed by atoms with Crippen LogP contribution in [0.5, 0.6) is 0 Å². The molecule has 4 aromatic rings. The number of anilines is 2. The standard InChI is InChI=1S/C26H17ClF3N3O/c1-26(14-15-9-18(28)13-19(29)10-15)20-11-16(17-3-5-21(27)22(30)12-17)4-6-23(20)33(24(26)34)25-31-7-2-8-32-25/h2-13H,14H2,1H3. The Labute approximate surface area is 198 Å². The van der Waals surface area contributed by atoms with Gasteiger partial charge < -0.3 is 0 Å². The van der Waals surface area contributed by atoms with Crippen LogP contribution in [0.1, 0.15) is 18.1 Å². The first kappa shape index (κ1) is 22.1. The number of halogens is 4. The third kappa shape index (κ3) is 3.72. The van der Waals surface area contributed by atoms with Crippen LogP contribution in [0.2, 0.25) is 5.02 Å². The lowest BCUT2D eigenvalue weighted by Gasteiger charge is -2.24. The molecular weight excluding hydrogens is 463 g/mol. The third-order valence-corrected chi connectivity index (χ3v) is 6.30. The Balaban J connectivity index is 1.68. The van der Waals surface area contributed by atoms with Crippen LogP contribution < -0.4 is 4.90 Å². The summed E-state index contributed by atoms with van der Waals surface area (Å²) in [6.45, 7) is 1.71. The monoisotopic (exact) mass is 479 g/mol. The molecule has 0 spiro atoms. The topological polar surface area (TPSA) is 46.1 Å². The number of aromatic nitrogens is 2. The summed E-state index contributed by atoms with van der Waals surface area (Å²) < 4.78 is 41.9. The molecule has 0 saturated carbocycles. The molecule has 0 fully saturated rings. The van der Waals surface area contributed by atoms with E-state index in [1.54, 1.807) is 37.3 Å². The average Bonchev–Trinajstić information content (AvgIpc) is 3.01. The molecule has 2 heterocycles. The van der Waals surface area contributed by atoms with E-state index in [1.165, 1.54) is 41.6 Å². The molecule has 1 aliphatic heterocycles. The van der Waals surface area contributed by atoms with Gasteiger partial charge in [-0.1, -0.05) is 23.7 Å². The summed E-state index contributed by atoms with van der Waals surface area (Å²) in [7, 11) is 0. The van der Waals surface area contributed by atoms with Crippen LogP contribution in [0.4, 0.5) is 24.8 Å². The van der Waals surface area contributed by atoms with Crippen LogP contribution in [-0.4, -0.2) is 15.9 Å². The van der Waals surface area contributed by atoms with E-state index in [1.807, 2.05) is 0 Å². The minimum absolute atomic E-state index is 0.00505. The summed E-state index contributed by atoms with van der Waals surface area (Å²) in [5.41, 5.74) is 1.55. The fourth-order valence-corrected chi connectivity index (χ4v) is 4.51. The smallest absolute Gasteiger partial charge is 0.244 e. The van der Waals surface area contributed by atoms with Crippen LogP contribution >= 0.6 is 11.6 Å². The molecule has 1 aromatic heterocycles. The number of hydrogen-bond donors (Lipinski definition) is 0. The number of fused-ring (bicyclic) bond motifs is 1. The Kier molecular flexibility index (Phi) is 5.37. The second-order valence-electron chi connectivity index (χ2n) is 8.34. The van der Waals surface area contributed by atoms with E-state index in [0.717, 1.165) is 6.07 Å².